The second kappa shape index (κ2) is 9.17. The average molecular weight is 453 g/mol. The van der Waals surface area contributed by atoms with Crippen molar-refractivity contribution in [3.05, 3.63) is 58.3 Å². The number of amides is 1. The van der Waals surface area contributed by atoms with Crippen molar-refractivity contribution in [2.45, 2.75) is 32.5 Å². The highest BCUT2D eigenvalue weighted by molar-refractivity contribution is 8.16. The number of thioether (sulfide) groups is 1. The standard InChI is InChI=1S/C21H22F3N3O3S/c1-4-26(3)15(28)11-14-12-31-20-25-18(21(22,23)24)16(19(29)30-5-2)17(27(14)20)13-9-7-6-8-10-13/h6-10,12,17H,4-5,11H2,1-3H3/t17-/m1/s1. The molecule has 166 valence electrons. The molecule has 1 amide bonds. The minimum absolute atomic E-state index is 0.0306. The van der Waals surface area contributed by atoms with E-state index in [4.69, 9.17) is 4.74 Å². The second-order valence-electron chi connectivity index (χ2n) is 6.87. The van der Waals surface area contributed by atoms with Crippen molar-refractivity contribution in [2.24, 2.45) is 4.99 Å². The van der Waals surface area contributed by atoms with Crippen molar-refractivity contribution < 1.29 is 27.5 Å². The summed E-state index contributed by atoms with van der Waals surface area (Å²) in [4.78, 5) is 32.1. The predicted molar refractivity (Wildman–Crippen MR) is 112 cm³/mol. The Morgan fingerprint density at radius 2 is 1.90 bits per heavy atom. The SMILES string of the molecule is CCOC(=O)C1=C(C(F)(F)F)N=C2SC=C(CC(=O)N(C)CC)N2[C@@H]1c1ccccc1. The molecule has 0 bridgehead atoms. The van der Waals surface area contributed by atoms with Gasteiger partial charge in [0, 0.05) is 19.3 Å². The molecule has 10 heteroatoms. The number of alkyl halides is 3. The summed E-state index contributed by atoms with van der Waals surface area (Å²) in [5, 5.41) is 1.68. The summed E-state index contributed by atoms with van der Waals surface area (Å²) in [5.74, 6) is -1.27. The highest BCUT2D eigenvalue weighted by Crippen LogP contribution is 2.48. The fraction of sp³-hybridized carbons (Fsp3) is 0.381. The molecule has 0 N–H and O–H groups in total. The number of carbonyl (C=O) groups excluding carboxylic acids is 2. The van der Waals surface area contributed by atoms with E-state index < -0.39 is 29.5 Å². The Labute approximate surface area is 182 Å². The van der Waals surface area contributed by atoms with Gasteiger partial charge in [0.2, 0.25) is 5.91 Å². The Morgan fingerprint density at radius 3 is 2.48 bits per heavy atom. The lowest BCUT2D eigenvalue weighted by molar-refractivity contribution is -0.140. The van der Waals surface area contributed by atoms with Gasteiger partial charge in [-0.1, -0.05) is 42.1 Å². The molecule has 1 atom stereocenters. The van der Waals surface area contributed by atoms with Crippen molar-refractivity contribution in [3.63, 3.8) is 0 Å². The maximum Gasteiger partial charge on any atom is 0.434 e. The van der Waals surface area contributed by atoms with Crippen LogP contribution in [0.1, 0.15) is 31.9 Å². The molecule has 2 aliphatic rings. The number of carbonyl (C=O) groups is 2. The number of nitrogens with zero attached hydrogens (tertiary/aromatic N) is 3. The Morgan fingerprint density at radius 1 is 1.23 bits per heavy atom. The van der Waals surface area contributed by atoms with E-state index in [1.54, 1.807) is 42.8 Å². The average Bonchev–Trinajstić information content (AvgIpc) is 3.14. The molecule has 2 aliphatic heterocycles. The van der Waals surface area contributed by atoms with Gasteiger partial charge in [0.05, 0.1) is 24.6 Å². The van der Waals surface area contributed by atoms with Crippen molar-refractivity contribution >= 4 is 28.8 Å². The van der Waals surface area contributed by atoms with Gasteiger partial charge in [0.1, 0.15) is 0 Å². The maximum atomic E-state index is 13.9. The van der Waals surface area contributed by atoms with Crippen LogP contribution in [0, 0.1) is 0 Å². The number of hydrogen-bond donors (Lipinski definition) is 0. The smallest absolute Gasteiger partial charge is 0.434 e. The van der Waals surface area contributed by atoms with Crippen LogP contribution in [0.4, 0.5) is 13.2 Å². The third-order valence-electron chi connectivity index (χ3n) is 4.92. The predicted octanol–water partition coefficient (Wildman–Crippen LogP) is 4.24. The lowest BCUT2D eigenvalue weighted by Crippen LogP contribution is -2.40. The summed E-state index contributed by atoms with van der Waals surface area (Å²) in [6.45, 7) is 3.77. The monoisotopic (exact) mass is 453 g/mol. The number of fused-ring (bicyclic) bond motifs is 1. The first-order valence-corrected chi connectivity index (χ1v) is 10.6. The van der Waals surface area contributed by atoms with Crippen LogP contribution in [0.2, 0.25) is 0 Å². The minimum Gasteiger partial charge on any atom is -0.463 e. The molecule has 1 aromatic rings. The van der Waals surface area contributed by atoms with Gasteiger partial charge in [0.15, 0.2) is 10.9 Å². The third-order valence-corrected chi connectivity index (χ3v) is 5.81. The van der Waals surface area contributed by atoms with Crippen molar-refractivity contribution in [2.75, 3.05) is 20.2 Å². The minimum atomic E-state index is -4.85. The van der Waals surface area contributed by atoms with Crippen LogP contribution >= 0.6 is 11.8 Å². The number of amidine groups is 1. The lowest BCUT2D eigenvalue weighted by Gasteiger charge is -2.37. The number of benzene rings is 1. The maximum absolute atomic E-state index is 13.9. The molecule has 0 saturated heterocycles. The molecule has 0 saturated carbocycles. The highest BCUT2D eigenvalue weighted by Gasteiger charge is 2.49. The highest BCUT2D eigenvalue weighted by atomic mass is 32.2. The van der Waals surface area contributed by atoms with Crippen LogP contribution in [-0.4, -0.2) is 53.2 Å². The Hall–Kier alpha value is -2.75. The molecule has 3 rings (SSSR count). The summed E-state index contributed by atoms with van der Waals surface area (Å²) in [5.41, 5.74) is -0.922. The molecule has 0 spiro atoms. The lowest BCUT2D eigenvalue weighted by atomic mass is 9.93. The van der Waals surface area contributed by atoms with Crippen molar-refractivity contribution in [3.8, 4) is 0 Å². The molecular formula is C21H22F3N3O3S. The Kier molecular flexibility index (Phi) is 6.78. The number of aliphatic imine (C=N–C) groups is 1. The number of halogens is 3. The molecule has 0 aromatic heterocycles. The van der Waals surface area contributed by atoms with Crippen LogP contribution in [0.5, 0.6) is 0 Å². The van der Waals surface area contributed by atoms with Crippen LogP contribution in [0.15, 0.2) is 57.7 Å². The number of ether oxygens (including phenoxy) is 1. The summed E-state index contributed by atoms with van der Waals surface area (Å²) < 4.78 is 46.7. The number of esters is 1. The van der Waals surface area contributed by atoms with Crippen LogP contribution in [-0.2, 0) is 14.3 Å². The Balaban J connectivity index is 2.15. The zero-order valence-corrected chi connectivity index (χ0v) is 18.1. The molecule has 6 nitrogen and oxygen atoms in total. The Bertz CT molecular complexity index is 958. The van der Waals surface area contributed by atoms with Crippen molar-refractivity contribution in [1.82, 2.24) is 9.80 Å². The van der Waals surface area contributed by atoms with Gasteiger partial charge in [0.25, 0.3) is 0 Å². The summed E-state index contributed by atoms with van der Waals surface area (Å²) in [6.07, 6.45) is -4.88. The zero-order valence-electron chi connectivity index (χ0n) is 17.3. The first-order chi connectivity index (χ1) is 14.7. The second-order valence-corrected chi connectivity index (χ2v) is 7.71. The summed E-state index contributed by atoms with van der Waals surface area (Å²) in [7, 11) is 1.65. The van der Waals surface area contributed by atoms with E-state index in [1.165, 1.54) is 16.7 Å². The quantitative estimate of drug-likeness (QED) is 0.603. The fourth-order valence-corrected chi connectivity index (χ4v) is 4.22. The molecule has 1 aromatic carbocycles. The van der Waals surface area contributed by atoms with E-state index in [-0.39, 0.29) is 24.1 Å². The topological polar surface area (TPSA) is 62.2 Å². The van der Waals surface area contributed by atoms with Crippen molar-refractivity contribution in [1.29, 1.82) is 0 Å². The third kappa shape index (κ3) is 4.63. The van der Waals surface area contributed by atoms with Crippen LogP contribution in [0.25, 0.3) is 0 Å². The van der Waals surface area contributed by atoms with Gasteiger partial charge in [-0.15, -0.1) is 0 Å². The van der Waals surface area contributed by atoms with Gasteiger partial charge in [-0.2, -0.15) is 13.2 Å². The molecule has 31 heavy (non-hydrogen) atoms. The van der Waals surface area contributed by atoms with E-state index in [9.17, 15) is 22.8 Å². The summed E-state index contributed by atoms with van der Waals surface area (Å²) in [6, 6.07) is 7.25. The van der Waals surface area contributed by atoms with E-state index in [2.05, 4.69) is 4.99 Å². The zero-order chi connectivity index (χ0) is 22.8. The molecule has 0 aliphatic carbocycles. The number of rotatable bonds is 6. The van der Waals surface area contributed by atoms with E-state index >= 15 is 0 Å². The molecule has 0 radical (unpaired) electrons. The van der Waals surface area contributed by atoms with Gasteiger partial charge < -0.3 is 14.5 Å². The summed E-state index contributed by atoms with van der Waals surface area (Å²) >= 11 is 0.998. The van der Waals surface area contributed by atoms with Gasteiger partial charge in [-0.25, -0.2) is 9.79 Å². The van der Waals surface area contributed by atoms with E-state index in [0.29, 0.717) is 17.8 Å². The first-order valence-electron chi connectivity index (χ1n) is 9.70. The van der Waals surface area contributed by atoms with Gasteiger partial charge in [-0.3, -0.25) is 4.79 Å². The molecule has 0 fully saturated rings. The van der Waals surface area contributed by atoms with Crippen LogP contribution < -0.4 is 0 Å². The first kappa shape index (κ1) is 22.9. The molecule has 2 heterocycles. The van der Waals surface area contributed by atoms with Crippen LogP contribution in [0.3, 0.4) is 0 Å². The largest absolute Gasteiger partial charge is 0.463 e. The van der Waals surface area contributed by atoms with E-state index in [1.807, 2.05) is 6.92 Å². The normalized spacial score (nSPS) is 18.4. The number of hydrogen-bond acceptors (Lipinski definition) is 6. The molecular weight excluding hydrogens is 431 g/mol. The molecule has 0 unspecified atom stereocenters. The number of allylic oxidation sites excluding steroid dienone is 1. The fourth-order valence-electron chi connectivity index (χ4n) is 3.31. The van der Waals surface area contributed by atoms with Gasteiger partial charge >= 0.3 is 12.1 Å². The van der Waals surface area contributed by atoms with E-state index in [0.717, 1.165) is 11.8 Å². The van der Waals surface area contributed by atoms with Gasteiger partial charge in [-0.05, 0) is 24.8 Å².